The van der Waals surface area contributed by atoms with Gasteiger partial charge in [-0.2, -0.15) is 0 Å². The van der Waals surface area contributed by atoms with Crippen molar-refractivity contribution in [2.24, 2.45) is 11.3 Å². The first kappa shape index (κ1) is 17.7. The van der Waals surface area contributed by atoms with Crippen LogP contribution in [0.2, 0.25) is 0 Å². The number of likely N-dealkylation sites (tertiary alicyclic amines) is 1. The van der Waals surface area contributed by atoms with Crippen LogP contribution in [0.3, 0.4) is 0 Å². The predicted octanol–water partition coefficient (Wildman–Crippen LogP) is 1.95. The minimum atomic E-state index is 0. The lowest BCUT2D eigenvalue weighted by Crippen LogP contribution is -2.40. The molecule has 1 aromatic rings. The Morgan fingerprint density at radius 3 is 2.71 bits per heavy atom. The second-order valence-electron chi connectivity index (χ2n) is 7.67. The maximum atomic E-state index is 12.6. The molecule has 2 atom stereocenters. The Kier molecular flexibility index (Phi) is 4.89. The lowest BCUT2D eigenvalue weighted by molar-refractivity contribution is -0.134. The van der Waals surface area contributed by atoms with Gasteiger partial charge in [-0.25, -0.2) is 0 Å². The minimum Gasteiger partial charge on any atom is -0.342 e. The molecule has 0 radical (unpaired) electrons. The molecule has 3 heterocycles. The number of piperidine rings is 1. The van der Waals surface area contributed by atoms with Gasteiger partial charge in [-0.3, -0.25) is 4.79 Å². The summed E-state index contributed by atoms with van der Waals surface area (Å²) >= 11 is 0. The van der Waals surface area contributed by atoms with Gasteiger partial charge >= 0.3 is 0 Å². The van der Waals surface area contributed by atoms with Crippen LogP contribution in [0.4, 0.5) is 0 Å². The highest BCUT2D eigenvalue weighted by Crippen LogP contribution is 2.55. The summed E-state index contributed by atoms with van der Waals surface area (Å²) in [5.74, 6) is 3.31. The third-order valence-corrected chi connectivity index (χ3v) is 6.28. The Hall–Kier alpha value is -1.14. The van der Waals surface area contributed by atoms with Gasteiger partial charge in [0.25, 0.3) is 0 Å². The fourth-order valence-electron chi connectivity index (χ4n) is 4.18. The van der Waals surface area contributed by atoms with Crippen LogP contribution < -0.4 is 5.32 Å². The smallest absolute Gasteiger partial charge is 0.226 e. The molecule has 24 heavy (non-hydrogen) atoms. The van der Waals surface area contributed by atoms with E-state index in [-0.39, 0.29) is 23.7 Å². The van der Waals surface area contributed by atoms with Gasteiger partial charge in [0.15, 0.2) is 0 Å². The third kappa shape index (κ3) is 2.94. The van der Waals surface area contributed by atoms with E-state index in [1.165, 1.54) is 0 Å². The normalized spacial score (nSPS) is 29.8. The summed E-state index contributed by atoms with van der Waals surface area (Å²) in [4.78, 5) is 14.7. The highest BCUT2D eigenvalue weighted by molar-refractivity contribution is 5.85. The Labute approximate surface area is 149 Å². The molecule has 1 amide bonds. The summed E-state index contributed by atoms with van der Waals surface area (Å²) in [6.07, 6.45) is 4.23. The number of nitrogens with one attached hydrogen (secondary N) is 1. The van der Waals surface area contributed by atoms with Gasteiger partial charge in [-0.05, 0) is 31.1 Å². The van der Waals surface area contributed by atoms with Gasteiger partial charge in [0.2, 0.25) is 5.91 Å². The number of hydrogen-bond acceptors (Lipinski definition) is 4. The van der Waals surface area contributed by atoms with Crippen LogP contribution in [0.1, 0.15) is 57.1 Å². The molecule has 0 aromatic carbocycles. The van der Waals surface area contributed by atoms with Gasteiger partial charge in [-0.15, -0.1) is 22.6 Å². The van der Waals surface area contributed by atoms with E-state index in [0.29, 0.717) is 11.8 Å². The number of carbonyl (C=O) groups is 1. The zero-order valence-electron chi connectivity index (χ0n) is 14.6. The highest BCUT2D eigenvalue weighted by atomic mass is 35.5. The van der Waals surface area contributed by atoms with E-state index in [1.807, 2.05) is 0 Å². The van der Waals surface area contributed by atoms with Crippen molar-refractivity contribution in [1.29, 1.82) is 0 Å². The van der Waals surface area contributed by atoms with E-state index in [0.717, 1.165) is 70.1 Å². The molecular formula is C17H28ClN5O. The minimum absolute atomic E-state index is 0. The first-order chi connectivity index (χ1) is 11.1. The number of fused-ring (bicyclic) bond motifs is 1. The van der Waals surface area contributed by atoms with E-state index in [1.54, 1.807) is 0 Å². The summed E-state index contributed by atoms with van der Waals surface area (Å²) in [6, 6.07) is 0. The average molecular weight is 354 g/mol. The fraction of sp³-hybridized carbons (Fsp3) is 0.824. The lowest BCUT2D eigenvalue weighted by Gasteiger charge is -2.32. The van der Waals surface area contributed by atoms with Gasteiger partial charge in [-0.1, -0.05) is 13.8 Å². The first-order valence-electron chi connectivity index (χ1n) is 9.04. The molecule has 2 fully saturated rings. The number of amides is 1. The van der Waals surface area contributed by atoms with Crippen LogP contribution in [0.15, 0.2) is 0 Å². The average Bonchev–Trinajstić information content (AvgIpc) is 3.10. The molecule has 2 unspecified atom stereocenters. The zero-order chi connectivity index (χ0) is 16.0. The fourth-order valence-corrected chi connectivity index (χ4v) is 4.18. The van der Waals surface area contributed by atoms with Crippen LogP contribution in [0.5, 0.6) is 0 Å². The molecule has 7 heteroatoms. The van der Waals surface area contributed by atoms with Gasteiger partial charge in [0.1, 0.15) is 11.6 Å². The molecule has 0 bridgehead atoms. The molecule has 1 aliphatic carbocycles. The number of carbonyl (C=O) groups excluding carboxylic acids is 1. The maximum Gasteiger partial charge on any atom is 0.226 e. The summed E-state index contributed by atoms with van der Waals surface area (Å²) in [7, 11) is 0. The van der Waals surface area contributed by atoms with Gasteiger partial charge < -0.3 is 14.8 Å². The van der Waals surface area contributed by atoms with E-state index >= 15 is 0 Å². The predicted molar refractivity (Wildman–Crippen MR) is 94.0 cm³/mol. The van der Waals surface area contributed by atoms with Crippen molar-refractivity contribution in [3.05, 3.63) is 11.6 Å². The van der Waals surface area contributed by atoms with E-state index in [2.05, 4.69) is 38.8 Å². The number of rotatable bonds is 3. The lowest BCUT2D eigenvalue weighted by atomic mass is 9.94. The molecule has 1 saturated heterocycles. The van der Waals surface area contributed by atoms with Crippen molar-refractivity contribution in [3.63, 3.8) is 0 Å². The molecule has 4 rings (SSSR count). The number of hydrogen-bond donors (Lipinski definition) is 1. The molecular weight excluding hydrogens is 326 g/mol. The molecule has 1 aromatic heterocycles. The summed E-state index contributed by atoms with van der Waals surface area (Å²) in [5.41, 5.74) is 0.271. The van der Waals surface area contributed by atoms with Crippen LogP contribution in [0, 0.1) is 11.3 Å². The second-order valence-corrected chi connectivity index (χ2v) is 7.67. The molecule has 2 aliphatic heterocycles. The standard InChI is InChI=1S/C17H27N5O.ClH/c1-3-17(2)10-13(17)16(23)21-7-4-12(5-8-21)15-20-19-14-11-18-6-9-22(14)15;/h12-13,18H,3-11H2,1-2H3;1H. The van der Waals surface area contributed by atoms with Crippen LogP contribution >= 0.6 is 12.4 Å². The molecule has 3 aliphatic rings. The molecule has 0 spiro atoms. The topological polar surface area (TPSA) is 63.1 Å². The zero-order valence-corrected chi connectivity index (χ0v) is 15.4. The van der Waals surface area contributed by atoms with Crippen molar-refractivity contribution in [2.75, 3.05) is 19.6 Å². The maximum absolute atomic E-state index is 12.6. The summed E-state index contributed by atoms with van der Waals surface area (Å²) < 4.78 is 2.29. The largest absolute Gasteiger partial charge is 0.342 e. The molecule has 1 N–H and O–H groups in total. The van der Waals surface area contributed by atoms with Crippen molar-refractivity contribution in [3.8, 4) is 0 Å². The van der Waals surface area contributed by atoms with Crippen molar-refractivity contribution >= 4 is 18.3 Å². The number of aromatic nitrogens is 3. The number of nitrogens with zero attached hydrogens (tertiary/aromatic N) is 4. The number of halogens is 1. The van der Waals surface area contributed by atoms with Crippen molar-refractivity contribution in [1.82, 2.24) is 25.0 Å². The van der Waals surface area contributed by atoms with Crippen LogP contribution in [-0.4, -0.2) is 45.2 Å². The Morgan fingerprint density at radius 2 is 2.04 bits per heavy atom. The van der Waals surface area contributed by atoms with E-state index in [4.69, 9.17) is 0 Å². The molecule has 6 nitrogen and oxygen atoms in total. The SMILES string of the molecule is CCC1(C)CC1C(=O)N1CCC(c2nnc3n2CCNC3)CC1.Cl. The monoisotopic (exact) mass is 353 g/mol. The Balaban J connectivity index is 0.00000169. The highest BCUT2D eigenvalue weighted by Gasteiger charge is 2.54. The first-order valence-corrected chi connectivity index (χ1v) is 9.04. The van der Waals surface area contributed by atoms with E-state index in [9.17, 15) is 4.79 Å². The third-order valence-electron chi connectivity index (χ3n) is 6.28. The van der Waals surface area contributed by atoms with Crippen molar-refractivity contribution < 1.29 is 4.79 Å². The van der Waals surface area contributed by atoms with Crippen LogP contribution in [-0.2, 0) is 17.9 Å². The molecule has 1 saturated carbocycles. The van der Waals surface area contributed by atoms with Gasteiger partial charge in [0.05, 0.1) is 6.54 Å². The second kappa shape index (κ2) is 6.64. The van der Waals surface area contributed by atoms with E-state index < -0.39 is 0 Å². The summed E-state index contributed by atoms with van der Waals surface area (Å²) in [6.45, 7) is 8.98. The Bertz CT molecular complexity index is 610. The quantitative estimate of drug-likeness (QED) is 0.902. The van der Waals surface area contributed by atoms with Crippen LogP contribution in [0.25, 0.3) is 0 Å². The van der Waals surface area contributed by atoms with Gasteiger partial charge in [0, 0.05) is 38.0 Å². The summed E-state index contributed by atoms with van der Waals surface area (Å²) in [5, 5.41) is 12.1. The molecule has 134 valence electrons. The Morgan fingerprint density at radius 1 is 1.29 bits per heavy atom. The van der Waals surface area contributed by atoms with Crippen molar-refractivity contribution in [2.45, 2.75) is 58.5 Å².